The largest absolute Gasteiger partial charge is 0.379 e. The van der Waals surface area contributed by atoms with Gasteiger partial charge in [0.2, 0.25) is 5.91 Å². The number of morpholine rings is 1. The Bertz CT molecular complexity index is 1010. The maximum absolute atomic E-state index is 13.1. The monoisotopic (exact) mass is 415 g/mol. The molecule has 4 rings (SSSR count). The van der Waals surface area contributed by atoms with E-state index in [1.807, 2.05) is 41.3 Å². The van der Waals surface area contributed by atoms with Gasteiger partial charge in [-0.25, -0.2) is 0 Å². The van der Waals surface area contributed by atoms with E-state index in [1.54, 1.807) is 18.5 Å². The van der Waals surface area contributed by atoms with Crippen LogP contribution in [0.2, 0.25) is 0 Å². The van der Waals surface area contributed by atoms with Gasteiger partial charge in [0, 0.05) is 51.2 Å². The topological polar surface area (TPSA) is 45.7 Å². The van der Waals surface area contributed by atoms with Gasteiger partial charge in [0.15, 0.2) is 0 Å². The first-order valence-electron chi connectivity index (χ1n) is 10.9. The minimum Gasteiger partial charge on any atom is -0.379 e. The first kappa shape index (κ1) is 21.2. The number of rotatable bonds is 8. The van der Waals surface area contributed by atoms with Crippen molar-refractivity contribution in [3.05, 3.63) is 84.2 Å². The Balaban J connectivity index is 1.45. The molecule has 0 N–H and O–H groups in total. The van der Waals surface area contributed by atoms with Crippen molar-refractivity contribution in [2.24, 2.45) is 0 Å². The van der Waals surface area contributed by atoms with Crippen LogP contribution in [0, 0.1) is 0 Å². The van der Waals surface area contributed by atoms with Crippen molar-refractivity contribution in [3.63, 3.8) is 0 Å². The summed E-state index contributed by atoms with van der Waals surface area (Å²) in [6.07, 6.45) is 8.14. The number of hydrogen-bond acceptors (Lipinski definition) is 4. The van der Waals surface area contributed by atoms with E-state index in [1.165, 1.54) is 5.39 Å². The molecule has 0 unspecified atom stereocenters. The number of carbonyl (C=O) groups excluding carboxylic acids is 1. The van der Waals surface area contributed by atoms with Crippen molar-refractivity contribution >= 4 is 22.8 Å². The van der Waals surface area contributed by atoms with Crippen molar-refractivity contribution in [1.29, 1.82) is 0 Å². The minimum atomic E-state index is 0.0340. The second kappa shape index (κ2) is 10.8. The van der Waals surface area contributed by atoms with E-state index in [0.717, 1.165) is 62.3 Å². The van der Waals surface area contributed by atoms with Gasteiger partial charge in [-0.05, 0) is 46.5 Å². The maximum atomic E-state index is 13.1. The third-order valence-corrected chi connectivity index (χ3v) is 5.67. The van der Waals surface area contributed by atoms with E-state index < -0.39 is 0 Å². The Morgan fingerprint density at radius 3 is 2.65 bits per heavy atom. The molecule has 0 aliphatic carbocycles. The molecule has 1 aliphatic heterocycles. The first-order valence-corrected chi connectivity index (χ1v) is 10.9. The average Bonchev–Trinajstić information content (AvgIpc) is 2.83. The Hall–Kier alpha value is -3.02. The molecule has 160 valence electrons. The van der Waals surface area contributed by atoms with Gasteiger partial charge in [0.05, 0.1) is 13.2 Å². The van der Waals surface area contributed by atoms with Crippen LogP contribution in [0.25, 0.3) is 16.8 Å². The lowest BCUT2D eigenvalue weighted by atomic mass is 10.0. The van der Waals surface area contributed by atoms with Gasteiger partial charge in [0.25, 0.3) is 0 Å². The predicted molar refractivity (Wildman–Crippen MR) is 125 cm³/mol. The molecule has 31 heavy (non-hydrogen) atoms. The third-order valence-electron chi connectivity index (χ3n) is 5.67. The number of pyridine rings is 1. The number of hydrogen-bond donors (Lipinski definition) is 0. The van der Waals surface area contributed by atoms with Crippen molar-refractivity contribution < 1.29 is 9.53 Å². The molecule has 1 amide bonds. The van der Waals surface area contributed by atoms with Crippen LogP contribution in [0.5, 0.6) is 0 Å². The van der Waals surface area contributed by atoms with Crippen LogP contribution in [-0.4, -0.2) is 60.1 Å². The number of nitrogens with zero attached hydrogens (tertiary/aromatic N) is 3. The summed E-state index contributed by atoms with van der Waals surface area (Å²) >= 11 is 0. The average molecular weight is 416 g/mol. The zero-order valence-corrected chi connectivity index (χ0v) is 17.8. The lowest BCUT2D eigenvalue weighted by Gasteiger charge is -2.28. The molecule has 0 spiro atoms. The molecule has 5 nitrogen and oxygen atoms in total. The summed E-state index contributed by atoms with van der Waals surface area (Å²) < 4.78 is 5.43. The molecular formula is C26H29N3O2. The molecule has 1 aliphatic rings. The minimum absolute atomic E-state index is 0.0340. The van der Waals surface area contributed by atoms with Crippen LogP contribution in [0.3, 0.4) is 0 Å². The fraction of sp³-hybridized carbons (Fsp3) is 0.308. The molecule has 0 saturated carbocycles. The summed E-state index contributed by atoms with van der Waals surface area (Å²) in [5.74, 6) is 0.0340. The fourth-order valence-electron chi connectivity index (χ4n) is 3.95. The fourth-order valence-corrected chi connectivity index (χ4v) is 3.95. The molecule has 0 radical (unpaired) electrons. The molecule has 0 atom stereocenters. The summed E-state index contributed by atoms with van der Waals surface area (Å²) in [4.78, 5) is 21.6. The number of ether oxygens (including phenoxy) is 1. The second-order valence-corrected chi connectivity index (χ2v) is 7.82. The summed E-state index contributed by atoms with van der Waals surface area (Å²) in [5, 5.41) is 2.33. The highest BCUT2D eigenvalue weighted by Gasteiger charge is 2.14. The van der Waals surface area contributed by atoms with Crippen molar-refractivity contribution in [1.82, 2.24) is 14.8 Å². The van der Waals surface area contributed by atoms with E-state index in [4.69, 9.17) is 4.74 Å². The van der Waals surface area contributed by atoms with E-state index in [-0.39, 0.29) is 5.91 Å². The Morgan fingerprint density at radius 1 is 1.03 bits per heavy atom. The van der Waals surface area contributed by atoms with Crippen LogP contribution in [0.15, 0.2) is 73.1 Å². The van der Waals surface area contributed by atoms with Gasteiger partial charge in [-0.1, -0.05) is 42.5 Å². The van der Waals surface area contributed by atoms with Crippen LogP contribution in [0.4, 0.5) is 0 Å². The van der Waals surface area contributed by atoms with Gasteiger partial charge in [0.1, 0.15) is 0 Å². The highest BCUT2D eigenvalue weighted by molar-refractivity contribution is 5.96. The highest BCUT2D eigenvalue weighted by Crippen LogP contribution is 2.20. The third kappa shape index (κ3) is 6.00. The predicted octanol–water partition coefficient (Wildman–Crippen LogP) is 4.00. The van der Waals surface area contributed by atoms with Crippen molar-refractivity contribution in [3.8, 4) is 0 Å². The Morgan fingerprint density at radius 2 is 1.81 bits per heavy atom. The lowest BCUT2D eigenvalue weighted by Crippen LogP contribution is -2.38. The van der Waals surface area contributed by atoms with Crippen LogP contribution in [0.1, 0.15) is 17.5 Å². The van der Waals surface area contributed by atoms with Crippen molar-refractivity contribution in [2.75, 3.05) is 39.4 Å². The van der Waals surface area contributed by atoms with E-state index in [0.29, 0.717) is 6.54 Å². The normalized spacial score (nSPS) is 14.8. The smallest absolute Gasteiger partial charge is 0.246 e. The summed E-state index contributed by atoms with van der Waals surface area (Å²) in [6.45, 7) is 5.83. The summed E-state index contributed by atoms with van der Waals surface area (Å²) in [5.41, 5.74) is 2.15. The van der Waals surface area contributed by atoms with Crippen LogP contribution < -0.4 is 0 Å². The van der Waals surface area contributed by atoms with Crippen LogP contribution >= 0.6 is 0 Å². The standard InChI is InChI=1S/C26H29N3O2/c30-26(10-9-24-7-3-6-23-5-1-2-8-25(23)24)29(21-22-11-13-27-14-12-22)16-4-15-28-17-19-31-20-18-28/h1-3,5-14H,4,15-21H2/b10-9+. The lowest BCUT2D eigenvalue weighted by molar-refractivity contribution is -0.126. The highest BCUT2D eigenvalue weighted by atomic mass is 16.5. The Labute approximate surface area is 184 Å². The zero-order valence-electron chi connectivity index (χ0n) is 17.8. The number of carbonyl (C=O) groups is 1. The van der Waals surface area contributed by atoms with E-state index in [2.05, 4.69) is 34.1 Å². The zero-order chi connectivity index (χ0) is 21.3. The molecule has 3 aromatic rings. The van der Waals surface area contributed by atoms with Gasteiger partial charge in [-0.2, -0.15) is 0 Å². The molecule has 5 heteroatoms. The van der Waals surface area contributed by atoms with Crippen LogP contribution in [-0.2, 0) is 16.1 Å². The second-order valence-electron chi connectivity index (χ2n) is 7.82. The maximum Gasteiger partial charge on any atom is 0.246 e. The number of benzene rings is 2. The molecule has 2 aromatic carbocycles. The van der Waals surface area contributed by atoms with E-state index in [9.17, 15) is 4.79 Å². The summed E-state index contributed by atoms with van der Waals surface area (Å²) in [7, 11) is 0. The molecule has 1 aromatic heterocycles. The molecular weight excluding hydrogens is 386 g/mol. The Kier molecular flexibility index (Phi) is 7.42. The number of fused-ring (bicyclic) bond motifs is 1. The van der Waals surface area contributed by atoms with Crippen molar-refractivity contribution in [2.45, 2.75) is 13.0 Å². The van der Waals surface area contributed by atoms with Gasteiger partial charge >= 0.3 is 0 Å². The van der Waals surface area contributed by atoms with Gasteiger partial charge in [-0.15, -0.1) is 0 Å². The molecule has 0 bridgehead atoms. The quantitative estimate of drug-likeness (QED) is 0.522. The molecule has 2 heterocycles. The van der Waals surface area contributed by atoms with Gasteiger partial charge < -0.3 is 9.64 Å². The number of aromatic nitrogens is 1. The molecule has 1 fully saturated rings. The molecule has 1 saturated heterocycles. The SMILES string of the molecule is O=C(/C=C/c1cccc2ccccc12)N(CCCN1CCOCC1)Cc1ccncc1. The number of amides is 1. The van der Waals surface area contributed by atoms with E-state index >= 15 is 0 Å². The summed E-state index contributed by atoms with van der Waals surface area (Å²) in [6, 6.07) is 18.4. The first-order chi connectivity index (χ1) is 15.3. The van der Waals surface area contributed by atoms with Gasteiger partial charge in [-0.3, -0.25) is 14.7 Å².